The van der Waals surface area contributed by atoms with Gasteiger partial charge in [0.25, 0.3) is 0 Å². The van der Waals surface area contributed by atoms with Crippen molar-refractivity contribution in [3.63, 3.8) is 0 Å². The Labute approximate surface area is 184 Å². The number of hydrogen-bond acceptors (Lipinski definition) is 4. The van der Waals surface area contributed by atoms with E-state index in [1.807, 2.05) is 12.2 Å². The van der Waals surface area contributed by atoms with E-state index in [1.54, 1.807) is 0 Å². The number of aliphatic imine (C=N–C) groups is 1. The van der Waals surface area contributed by atoms with Crippen LogP contribution < -0.4 is 11.1 Å². The molecule has 0 saturated heterocycles. The maximum absolute atomic E-state index is 5.97. The highest BCUT2D eigenvalue weighted by Crippen LogP contribution is 2.39. The zero-order chi connectivity index (χ0) is 22.7. The van der Waals surface area contributed by atoms with Crippen LogP contribution in [0, 0.1) is 0 Å². The minimum atomic E-state index is -0.115. The molecule has 4 nitrogen and oxygen atoms in total. The molecule has 0 aromatic rings. The lowest BCUT2D eigenvalue weighted by atomic mass is 9.82. The van der Waals surface area contributed by atoms with Crippen molar-refractivity contribution in [1.82, 2.24) is 10.2 Å². The summed E-state index contributed by atoms with van der Waals surface area (Å²) >= 11 is 0. The molecule has 164 valence electrons. The van der Waals surface area contributed by atoms with Crippen molar-refractivity contribution in [1.29, 1.82) is 0 Å². The molecule has 1 atom stereocenters. The quantitative estimate of drug-likeness (QED) is 0.302. The van der Waals surface area contributed by atoms with E-state index >= 15 is 0 Å². The van der Waals surface area contributed by atoms with E-state index < -0.39 is 0 Å². The van der Waals surface area contributed by atoms with Gasteiger partial charge in [-0.05, 0) is 82.0 Å². The van der Waals surface area contributed by atoms with Crippen LogP contribution >= 0.6 is 0 Å². The van der Waals surface area contributed by atoms with Crippen LogP contribution in [0.1, 0.15) is 59.8 Å². The summed E-state index contributed by atoms with van der Waals surface area (Å²) in [5.41, 5.74) is 10.3. The first kappa shape index (κ1) is 25.4. The average molecular weight is 409 g/mol. The molecule has 3 N–H and O–H groups in total. The smallest absolute Gasteiger partial charge is 0.130 e. The number of allylic oxidation sites excluding steroid dienone is 9. The molecule has 30 heavy (non-hydrogen) atoms. The van der Waals surface area contributed by atoms with Gasteiger partial charge in [-0.2, -0.15) is 0 Å². The second-order valence-electron chi connectivity index (χ2n) is 7.92. The molecule has 0 unspecified atom stereocenters. The summed E-state index contributed by atoms with van der Waals surface area (Å²) in [6, 6.07) is 0. The van der Waals surface area contributed by atoms with Crippen LogP contribution in [0.2, 0.25) is 0 Å². The zero-order valence-corrected chi connectivity index (χ0v) is 19.4. The molecule has 0 aromatic carbocycles. The second-order valence-corrected chi connectivity index (χ2v) is 7.92. The highest BCUT2D eigenvalue weighted by atomic mass is 15.3. The fourth-order valence-electron chi connectivity index (χ4n) is 3.70. The van der Waals surface area contributed by atoms with Crippen molar-refractivity contribution in [2.75, 3.05) is 6.54 Å². The molecule has 1 rings (SSSR count). The summed E-state index contributed by atoms with van der Waals surface area (Å²) in [5.74, 6) is 1.44. The third kappa shape index (κ3) is 6.74. The number of rotatable bonds is 12. The summed E-state index contributed by atoms with van der Waals surface area (Å²) in [4.78, 5) is 6.37. The fourth-order valence-corrected chi connectivity index (χ4v) is 3.70. The largest absolute Gasteiger partial charge is 0.330 e. The van der Waals surface area contributed by atoms with Gasteiger partial charge in [0.15, 0.2) is 0 Å². The van der Waals surface area contributed by atoms with E-state index in [-0.39, 0.29) is 5.54 Å². The molecular formula is C26H40N4. The Kier molecular flexibility index (Phi) is 10.3. The highest BCUT2D eigenvalue weighted by molar-refractivity contribution is 5.41. The Morgan fingerprint density at radius 2 is 2.00 bits per heavy atom. The van der Waals surface area contributed by atoms with Crippen molar-refractivity contribution >= 4 is 6.72 Å². The normalized spacial score (nSPS) is 20.2. The van der Waals surface area contributed by atoms with Crippen LogP contribution in [-0.2, 0) is 0 Å². The Balaban J connectivity index is 3.26. The van der Waals surface area contributed by atoms with Gasteiger partial charge < -0.3 is 16.0 Å². The molecule has 0 radical (unpaired) electrons. The van der Waals surface area contributed by atoms with E-state index in [9.17, 15) is 0 Å². The highest BCUT2D eigenvalue weighted by Gasteiger charge is 2.37. The summed E-state index contributed by atoms with van der Waals surface area (Å²) in [6.45, 7) is 25.4. The molecule has 0 spiro atoms. The van der Waals surface area contributed by atoms with Gasteiger partial charge in [0.1, 0.15) is 11.6 Å². The number of nitrogens with one attached hydrogen (secondary N) is 1. The number of hydrogen-bond donors (Lipinski definition) is 2. The average Bonchev–Trinajstić information content (AvgIpc) is 2.71. The molecular weight excluding hydrogens is 368 g/mol. The SMILES string of the molecule is C=N/C(=C\C=C/CC)NC(=C)N1C(C)=C(/C=C\C(=C)C(=C)CC)CC[C@]1(C)CCN. The van der Waals surface area contributed by atoms with Gasteiger partial charge in [-0.15, -0.1) is 0 Å². The first-order valence-electron chi connectivity index (χ1n) is 10.8. The standard InChI is InChI=1S/C26H40N4/c1-9-11-12-13-25(28-8)29-23(6)30-22(5)24(15-14-21(4)20(3)10-2)16-17-26(30,7)18-19-27/h11-15,29H,3-4,6,8-10,16-19,27H2,1-2,5,7H3/b12-11-,15-14-,25-13+/t26-/m1/s1. The minimum absolute atomic E-state index is 0.115. The summed E-state index contributed by atoms with van der Waals surface area (Å²) in [7, 11) is 0. The summed E-state index contributed by atoms with van der Waals surface area (Å²) < 4.78 is 0. The molecule has 1 heterocycles. The summed E-state index contributed by atoms with van der Waals surface area (Å²) in [6.07, 6.45) is 14.9. The second kappa shape index (κ2) is 12.2. The van der Waals surface area contributed by atoms with Gasteiger partial charge in [-0.1, -0.05) is 57.9 Å². The Bertz CT molecular complexity index is 779. The van der Waals surface area contributed by atoms with E-state index in [0.717, 1.165) is 54.8 Å². The fraction of sp³-hybridized carbons (Fsp3) is 0.423. The van der Waals surface area contributed by atoms with E-state index in [4.69, 9.17) is 5.73 Å². The topological polar surface area (TPSA) is 53.7 Å². The Morgan fingerprint density at radius 1 is 1.30 bits per heavy atom. The molecule has 4 heteroatoms. The minimum Gasteiger partial charge on any atom is -0.330 e. The Morgan fingerprint density at radius 3 is 2.57 bits per heavy atom. The number of nitrogens with zero attached hydrogens (tertiary/aromatic N) is 2. The van der Waals surface area contributed by atoms with Crippen LogP contribution in [0.4, 0.5) is 0 Å². The monoisotopic (exact) mass is 408 g/mol. The van der Waals surface area contributed by atoms with Crippen molar-refractivity contribution in [2.24, 2.45) is 10.7 Å². The lowest BCUT2D eigenvalue weighted by Crippen LogP contribution is -2.50. The van der Waals surface area contributed by atoms with E-state index in [0.29, 0.717) is 12.4 Å². The van der Waals surface area contributed by atoms with Gasteiger partial charge in [-0.3, -0.25) is 0 Å². The third-order valence-electron chi connectivity index (χ3n) is 5.66. The van der Waals surface area contributed by atoms with Gasteiger partial charge >= 0.3 is 0 Å². The Hall–Kier alpha value is -2.59. The third-order valence-corrected chi connectivity index (χ3v) is 5.66. The van der Waals surface area contributed by atoms with Crippen LogP contribution in [0.15, 0.2) is 89.2 Å². The lowest BCUT2D eigenvalue weighted by molar-refractivity contribution is 0.145. The molecule has 0 fully saturated rings. The molecule has 0 bridgehead atoms. The first-order valence-corrected chi connectivity index (χ1v) is 10.8. The van der Waals surface area contributed by atoms with Crippen LogP contribution in [0.25, 0.3) is 0 Å². The van der Waals surface area contributed by atoms with Crippen LogP contribution in [0.3, 0.4) is 0 Å². The van der Waals surface area contributed by atoms with Crippen molar-refractivity contribution in [2.45, 2.75) is 65.3 Å². The zero-order valence-electron chi connectivity index (χ0n) is 19.4. The van der Waals surface area contributed by atoms with Crippen molar-refractivity contribution < 1.29 is 0 Å². The van der Waals surface area contributed by atoms with Crippen molar-refractivity contribution in [3.05, 3.63) is 84.2 Å². The van der Waals surface area contributed by atoms with Crippen LogP contribution in [0.5, 0.6) is 0 Å². The van der Waals surface area contributed by atoms with E-state index in [1.165, 1.54) is 5.57 Å². The predicted molar refractivity (Wildman–Crippen MR) is 133 cm³/mol. The van der Waals surface area contributed by atoms with Gasteiger partial charge in [0, 0.05) is 11.2 Å². The van der Waals surface area contributed by atoms with Crippen molar-refractivity contribution in [3.8, 4) is 0 Å². The van der Waals surface area contributed by atoms with Gasteiger partial charge in [-0.25, -0.2) is 4.99 Å². The van der Waals surface area contributed by atoms with Crippen LogP contribution in [-0.4, -0.2) is 23.7 Å². The predicted octanol–water partition coefficient (Wildman–Crippen LogP) is 6.11. The maximum Gasteiger partial charge on any atom is 0.130 e. The molecule has 1 aliphatic rings. The van der Waals surface area contributed by atoms with Gasteiger partial charge in [0.05, 0.1) is 0 Å². The molecule has 1 aliphatic heterocycles. The molecule has 0 aliphatic carbocycles. The number of nitrogens with two attached hydrogens (primary N) is 1. The molecule has 0 amide bonds. The molecule has 0 saturated carbocycles. The molecule has 0 aromatic heterocycles. The first-order chi connectivity index (χ1) is 14.2. The lowest BCUT2D eigenvalue weighted by Gasteiger charge is -2.48. The van der Waals surface area contributed by atoms with Gasteiger partial charge in [0.2, 0.25) is 0 Å². The maximum atomic E-state index is 5.97. The summed E-state index contributed by atoms with van der Waals surface area (Å²) in [5, 5.41) is 3.33. The van der Waals surface area contributed by atoms with E-state index in [2.05, 4.69) is 87.6 Å².